The molecule has 3 aromatic rings. The molecule has 1 aliphatic rings. The fourth-order valence-corrected chi connectivity index (χ4v) is 3.03. The Balaban J connectivity index is 1.38. The van der Waals surface area contributed by atoms with Gasteiger partial charge in [0, 0.05) is 18.2 Å². The second-order valence-electron chi connectivity index (χ2n) is 6.65. The number of amides is 1. The summed E-state index contributed by atoms with van der Waals surface area (Å²) in [6, 6.07) is 17.7. The summed E-state index contributed by atoms with van der Waals surface area (Å²) >= 11 is 0. The Bertz CT molecular complexity index is 1010. The van der Waals surface area contributed by atoms with Gasteiger partial charge in [0.15, 0.2) is 5.82 Å². The molecule has 0 saturated carbocycles. The van der Waals surface area contributed by atoms with E-state index in [1.165, 1.54) is 12.1 Å². The fourth-order valence-electron chi connectivity index (χ4n) is 3.03. The second-order valence-corrected chi connectivity index (χ2v) is 6.65. The van der Waals surface area contributed by atoms with E-state index in [0.29, 0.717) is 24.5 Å². The van der Waals surface area contributed by atoms with Gasteiger partial charge in [0.05, 0.1) is 12.3 Å². The van der Waals surface area contributed by atoms with E-state index in [9.17, 15) is 9.18 Å². The van der Waals surface area contributed by atoms with Gasteiger partial charge in [-0.15, -0.1) is 0 Å². The van der Waals surface area contributed by atoms with Crippen LogP contribution in [0.5, 0.6) is 0 Å². The second kappa shape index (κ2) is 7.64. The molecule has 2 aromatic carbocycles. The molecule has 1 unspecified atom stereocenters. The Labute approximate surface area is 161 Å². The summed E-state index contributed by atoms with van der Waals surface area (Å²) < 4.78 is 14.9. The number of nitrogens with one attached hydrogen (secondary N) is 1. The molecule has 4 rings (SSSR count). The predicted octanol–water partition coefficient (Wildman–Crippen LogP) is 3.51. The minimum atomic E-state index is -0.736. The summed E-state index contributed by atoms with van der Waals surface area (Å²) in [4.78, 5) is 17.8. The van der Waals surface area contributed by atoms with Crippen molar-refractivity contribution in [2.24, 2.45) is 5.16 Å². The molecule has 0 aliphatic carbocycles. The molecule has 28 heavy (non-hydrogen) atoms. The number of hydrogen-bond acceptors (Lipinski definition) is 4. The third kappa shape index (κ3) is 3.93. The third-order valence-electron chi connectivity index (χ3n) is 4.55. The van der Waals surface area contributed by atoms with Gasteiger partial charge >= 0.3 is 0 Å². The first-order valence-electron chi connectivity index (χ1n) is 8.96. The van der Waals surface area contributed by atoms with Crippen LogP contribution in [0.3, 0.4) is 0 Å². The summed E-state index contributed by atoms with van der Waals surface area (Å²) in [6.07, 6.45) is -0.416. The van der Waals surface area contributed by atoms with Gasteiger partial charge in [0.1, 0.15) is 5.82 Å². The number of rotatable bonds is 5. The van der Waals surface area contributed by atoms with E-state index in [1.807, 2.05) is 48.0 Å². The highest BCUT2D eigenvalue weighted by Gasteiger charge is 2.29. The van der Waals surface area contributed by atoms with Crippen molar-refractivity contribution in [2.45, 2.75) is 26.0 Å². The van der Waals surface area contributed by atoms with Gasteiger partial charge < -0.3 is 10.2 Å². The lowest BCUT2D eigenvalue weighted by molar-refractivity contribution is -0.125. The maximum Gasteiger partial charge on any atom is 0.269 e. The van der Waals surface area contributed by atoms with Gasteiger partial charge in [0.25, 0.3) is 5.91 Å². The molecule has 1 atom stereocenters. The standard InChI is InChI=1S/C21H19FN4O2/c1-14-11-20(24-26(14)13-15-5-3-2-4-6-15)23-21(27)19-12-18(25-28-19)16-7-9-17(22)10-8-16/h2-11,19H,12-13H2,1H3,(H,23,24,27). The number of oxime groups is 1. The van der Waals surface area contributed by atoms with Gasteiger partial charge in [-0.3, -0.25) is 9.48 Å². The Hall–Kier alpha value is -3.48. The SMILES string of the molecule is Cc1cc(NC(=O)C2CC(c3ccc(F)cc3)=NO2)nn1Cc1ccccc1. The van der Waals surface area contributed by atoms with Crippen molar-refractivity contribution >= 4 is 17.4 Å². The number of aromatic nitrogens is 2. The van der Waals surface area contributed by atoms with Crippen molar-refractivity contribution in [1.82, 2.24) is 9.78 Å². The summed E-state index contributed by atoms with van der Waals surface area (Å²) in [5, 5.41) is 11.2. The topological polar surface area (TPSA) is 68.5 Å². The average molecular weight is 378 g/mol. The van der Waals surface area contributed by atoms with E-state index in [0.717, 1.165) is 16.8 Å². The third-order valence-corrected chi connectivity index (χ3v) is 4.55. The Morgan fingerprint density at radius 2 is 1.96 bits per heavy atom. The first kappa shape index (κ1) is 17.9. The van der Waals surface area contributed by atoms with Crippen LogP contribution in [-0.2, 0) is 16.2 Å². The molecule has 0 radical (unpaired) electrons. The number of hydrogen-bond donors (Lipinski definition) is 1. The number of nitrogens with zero attached hydrogens (tertiary/aromatic N) is 3. The van der Waals surface area contributed by atoms with E-state index in [-0.39, 0.29) is 11.7 Å². The first-order valence-corrected chi connectivity index (χ1v) is 8.96. The average Bonchev–Trinajstić information content (AvgIpc) is 3.31. The minimum Gasteiger partial charge on any atom is -0.382 e. The van der Waals surface area contributed by atoms with Crippen LogP contribution in [0.25, 0.3) is 0 Å². The molecule has 7 heteroatoms. The van der Waals surface area contributed by atoms with Crippen LogP contribution in [0, 0.1) is 12.7 Å². The van der Waals surface area contributed by atoms with E-state index < -0.39 is 6.10 Å². The Kier molecular flexibility index (Phi) is 4.89. The molecule has 0 bridgehead atoms. The summed E-state index contributed by atoms with van der Waals surface area (Å²) in [7, 11) is 0. The highest BCUT2D eigenvalue weighted by atomic mass is 19.1. The molecule has 0 spiro atoms. The van der Waals surface area contributed by atoms with E-state index >= 15 is 0 Å². The van der Waals surface area contributed by atoms with Crippen LogP contribution in [0.15, 0.2) is 65.8 Å². The van der Waals surface area contributed by atoms with Gasteiger partial charge in [-0.1, -0.05) is 47.6 Å². The molecule has 0 saturated heterocycles. The highest BCUT2D eigenvalue weighted by Crippen LogP contribution is 2.19. The zero-order valence-corrected chi connectivity index (χ0v) is 15.3. The Morgan fingerprint density at radius 1 is 1.21 bits per heavy atom. The van der Waals surface area contributed by atoms with Crippen LogP contribution in [-0.4, -0.2) is 27.5 Å². The van der Waals surface area contributed by atoms with Crippen molar-refractivity contribution in [3.63, 3.8) is 0 Å². The largest absolute Gasteiger partial charge is 0.382 e. The summed E-state index contributed by atoms with van der Waals surface area (Å²) in [6.45, 7) is 2.56. The van der Waals surface area contributed by atoms with Gasteiger partial charge in [-0.25, -0.2) is 4.39 Å². The molecule has 1 amide bonds. The fraction of sp³-hybridized carbons (Fsp3) is 0.190. The molecule has 142 valence electrons. The number of benzene rings is 2. The number of carbonyl (C=O) groups excluding carboxylic acids is 1. The van der Waals surface area contributed by atoms with Crippen LogP contribution in [0.2, 0.25) is 0 Å². The van der Waals surface area contributed by atoms with Crippen LogP contribution >= 0.6 is 0 Å². The first-order chi connectivity index (χ1) is 13.6. The normalized spacial score (nSPS) is 15.8. The van der Waals surface area contributed by atoms with Crippen LogP contribution < -0.4 is 5.32 Å². The quantitative estimate of drug-likeness (QED) is 0.739. The van der Waals surface area contributed by atoms with Crippen molar-refractivity contribution in [3.05, 3.63) is 83.3 Å². The molecule has 1 aromatic heterocycles. The molecule has 2 heterocycles. The smallest absolute Gasteiger partial charge is 0.269 e. The lowest BCUT2D eigenvalue weighted by Gasteiger charge is -2.07. The number of aryl methyl sites for hydroxylation is 1. The van der Waals surface area contributed by atoms with Crippen LogP contribution in [0.4, 0.5) is 10.2 Å². The Morgan fingerprint density at radius 3 is 2.71 bits per heavy atom. The van der Waals surface area contributed by atoms with Gasteiger partial charge in [-0.2, -0.15) is 5.10 Å². The maximum absolute atomic E-state index is 13.0. The maximum atomic E-state index is 13.0. The number of halogens is 1. The molecular weight excluding hydrogens is 359 g/mol. The lowest BCUT2D eigenvalue weighted by Crippen LogP contribution is -2.28. The van der Waals surface area contributed by atoms with E-state index in [2.05, 4.69) is 15.6 Å². The highest BCUT2D eigenvalue weighted by molar-refractivity contribution is 6.05. The van der Waals surface area contributed by atoms with Crippen molar-refractivity contribution in [2.75, 3.05) is 5.32 Å². The molecule has 0 fully saturated rings. The molecule has 1 aliphatic heterocycles. The summed E-state index contributed by atoms with van der Waals surface area (Å²) in [5.74, 6) is -0.165. The molecule has 6 nitrogen and oxygen atoms in total. The van der Waals surface area contributed by atoms with Crippen molar-refractivity contribution < 1.29 is 14.0 Å². The number of anilines is 1. The lowest BCUT2D eigenvalue weighted by atomic mass is 10.0. The summed E-state index contributed by atoms with van der Waals surface area (Å²) in [5.41, 5.74) is 3.42. The number of carbonyl (C=O) groups is 1. The zero-order valence-electron chi connectivity index (χ0n) is 15.3. The van der Waals surface area contributed by atoms with Gasteiger partial charge in [-0.05, 0) is 30.2 Å². The predicted molar refractivity (Wildman–Crippen MR) is 104 cm³/mol. The zero-order chi connectivity index (χ0) is 19.5. The minimum absolute atomic E-state index is 0.315. The van der Waals surface area contributed by atoms with Crippen LogP contribution in [0.1, 0.15) is 23.2 Å². The van der Waals surface area contributed by atoms with Crippen molar-refractivity contribution in [3.8, 4) is 0 Å². The van der Waals surface area contributed by atoms with E-state index in [4.69, 9.17) is 4.84 Å². The molecule has 1 N–H and O–H groups in total. The van der Waals surface area contributed by atoms with E-state index in [1.54, 1.807) is 12.1 Å². The van der Waals surface area contributed by atoms with Crippen molar-refractivity contribution in [1.29, 1.82) is 0 Å². The van der Waals surface area contributed by atoms with Gasteiger partial charge in [0.2, 0.25) is 6.10 Å². The molecular formula is C21H19FN4O2. The monoisotopic (exact) mass is 378 g/mol.